The Morgan fingerprint density at radius 3 is 2.76 bits per heavy atom. The Bertz CT molecular complexity index is 458. The third-order valence-corrected chi connectivity index (χ3v) is 3.12. The van der Waals surface area contributed by atoms with Gasteiger partial charge in [0.15, 0.2) is 0 Å². The second-order valence-corrected chi connectivity index (χ2v) is 4.46. The van der Waals surface area contributed by atoms with E-state index in [1.165, 1.54) is 12.1 Å². The molecule has 2 rings (SSSR count). The average molecular weight is 238 g/mol. The molecule has 0 radical (unpaired) electrons. The number of hydrogen-bond acceptors (Lipinski definition) is 3. The van der Waals surface area contributed by atoms with E-state index in [0.717, 1.165) is 12.8 Å². The van der Waals surface area contributed by atoms with Gasteiger partial charge in [-0.3, -0.25) is 0 Å². The topological polar surface area (TPSA) is 75.3 Å². The van der Waals surface area contributed by atoms with Crippen molar-refractivity contribution in [1.82, 2.24) is 0 Å². The van der Waals surface area contributed by atoms with E-state index >= 15 is 0 Å². The molecule has 1 unspecified atom stereocenters. The van der Waals surface area contributed by atoms with Gasteiger partial charge in [-0.05, 0) is 37.8 Å². The van der Waals surface area contributed by atoms with Crippen molar-refractivity contribution in [2.24, 2.45) is 5.92 Å². The second kappa shape index (κ2) is 4.24. The zero-order chi connectivity index (χ0) is 12.6. The van der Waals surface area contributed by atoms with Crippen molar-refractivity contribution >= 4 is 17.3 Å². The fourth-order valence-corrected chi connectivity index (χ4v) is 1.90. The summed E-state index contributed by atoms with van der Waals surface area (Å²) >= 11 is 0. The van der Waals surface area contributed by atoms with E-state index in [9.17, 15) is 9.18 Å². The SMILES string of the molecule is CC(Nc1ccc(F)c(N)c1C(=O)O)C1CC1. The summed E-state index contributed by atoms with van der Waals surface area (Å²) in [6.45, 7) is 1.99. The highest BCUT2D eigenvalue weighted by Gasteiger charge is 2.29. The molecule has 92 valence electrons. The standard InChI is InChI=1S/C12H15FN2O2/c1-6(7-2-3-7)15-9-5-4-8(13)11(14)10(9)12(16)17/h4-7,15H,2-3,14H2,1H3,(H,16,17). The van der Waals surface area contributed by atoms with Gasteiger partial charge < -0.3 is 16.2 Å². The number of carboxylic acids is 1. The molecule has 1 fully saturated rings. The summed E-state index contributed by atoms with van der Waals surface area (Å²) < 4.78 is 13.2. The number of anilines is 2. The highest BCUT2D eigenvalue weighted by molar-refractivity contribution is 6.00. The van der Waals surface area contributed by atoms with Gasteiger partial charge in [0.2, 0.25) is 0 Å². The van der Waals surface area contributed by atoms with Crippen LogP contribution in [0.15, 0.2) is 12.1 Å². The van der Waals surface area contributed by atoms with E-state index in [1.807, 2.05) is 6.92 Å². The van der Waals surface area contributed by atoms with Crippen molar-refractivity contribution in [2.45, 2.75) is 25.8 Å². The minimum atomic E-state index is -1.22. The first-order valence-corrected chi connectivity index (χ1v) is 5.58. The van der Waals surface area contributed by atoms with Crippen LogP contribution in [0.5, 0.6) is 0 Å². The van der Waals surface area contributed by atoms with Gasteiger partial charge in [-0.1, -0.05) is 0 Å². The van der Waals surface area contributed by atoms with Gasteiger partial charge >= 0.3 is 5.97 Å². The zero-order valence-electron chi connectivity index (χ0n) is 9.53. The van der Waals surface area contributed by atoms with Crippen LogP contribution >= 0.6 is 0 Å². The molecule has 0 bridgehead atoms. The summed E-state index contributed by atoms with van der Waals surface area (Å²) in [6.07, 6.45) is 2.29. The molecule has 0 saturated heterocycles. The minimum absolute atomic E-state index is 0.179. The molecule has 4 nitrogen and oxygen atoms in total. The third kappa shape index (κ3) is 2.33. The van der Waals surface area contributed by atoms with Crippen LogP contribution in [0.2, 0.25) is 0 Å². The van der Waals surface area contributed by atoms with E-state index in [4.69, 9.17) is 10.8 Å². The molecule has 0 aromatic heterocycles. The van der Waals surface area contributed by atoms with Gasteiger partial charge in [-0.2, -0.15) is 0 Å². The molecule has 1 aliphatic rings. The Morgan fingerprint density at radius 1 is 1.59 bits per heavy atom. The number of carbonyl (C=O) groups is 1. The quantitative estimate of drug-likeness (QED) is 0.704. The molecule has 0 spiro atoms. The molecule has 1 atom stereocenters. The predicted molar refractivity (Wildman–Crippen MR) is 63.6 cm³/mol. The van der Waals surface area contributed by atoms with Gasteiger partial charge in [-0.15, -0.1) is 0 Å². The van der Waals surface area contributed by atoms with Crippen LogP contribution in [0.1, 0.15) is 30.1 Å². The third-order valence-electron chi connectivity index (χ3n) is 3.12. The van der Waals surface area contributed by atoms with E-state index < -0.39 is 11.8 Å². The number of benzene rings is 1. The predicted octanol–water partition coefficient (Wildman–Crippen LogP) is 2.32. The van der Waals surface area contributed by atoms with Gasteiger partial charge in [0.1, 0.15) is 11.4 Å². The Balaban J connectivity index is 2.31. The lowest BCUT2D eigenvalue weighted by molar-refractivity contribution is 0.0698. The van der Waals surface area contributed by atoms with E-state index in [2.05, 4.69) is 5.32 Å². The highest BCUT2D eigenvalue weighted by Crippen LogP contribution is 2.35. The average Bonchev–Trinajstić information content (AvgIpc) is 3.06. The fraction of sp³-hybridized carbons (Fsp3) is 0.417. The normalized spacial score (nSPS) is 16.6. The van der Waals surface area contributed by atoms with Crippen molar-refractivity contribution in [3.63, 3.8) is 0 Å². The Hall–Kier alpha value is -1.78. The number of aromatic carboxylic acids is 1. The lowest BCUT2D eigenvalue weighted by Crippen LogP contribution is -2.20. The second-order valence-electron chi connectivity index (χ2n) is 4.46. The first-order valence-electron chi connectivity index (χ1n) is 5.58. The molecule has 0 amide bonds. The summed E-state index contributed by atoms with van der Waals surface area (Å²) in [5.74, 6) is -1.34. The smallest absolute Gasteiger partial charge is 0.340 e. The number of hydrogen-bond donors (Lipinski definition) is 3. The zero-order valence-corrected chi connectivity index (χ0v) is 9.53. The van der Waals surface area contributed by atoms with Crippen molar-refractivity contribution in [3.05, 3.63) is 23.5 Å². The van der Waals surface area contributed by atoms with Crippen LogP contribution in [-0.4, -0.2) is 17.1 Å². The molecule has 1 aliphatic carbocycles. The number of nitrogens with two attached hydrogens (primary N) is 1. The number of carboxylic acid groups (broad SMARTS) is 1. The van der Waals surface area contributed by atoms with Crippen LogP contribution < -0.4 is 11.1 Å². The summed E-state index contributed by atoms with van der Waals surface area (Å²) in [4.78, 5) is 11.1. The number of nitrogen functional groups attached to an aromatic ring is 1. The Kier molecular flexibility index (Phi) is 2.92. The summed E-state index contributed by atoms with van der Waals surface area (Å²) in [7, 11) is 0. The maximum Gasteiger partial charge on any atom is 0.340 e. The maximum absolute atomic E-state index is 13.2. The molecule has 0 heterocycles. The van der Waals surface area contributed by atoms with Crippen molar-refractivity contribution < 1.29 is 14.3 Å². The number of halogens is 1. The fourth-order valence-electron chi connectivity index (χ4n) is 1.90. The van der Waals surface area contributed by atoms with Gasteiger partial charge in [0.25, 0.3) is 0 Å². The minimum Gasteiger partial charge on any atom is -0.478 e. The molecule has 1 aromatic carbocycles. The maximum atomic E-state index is 13.2. The van der Waals surface area contributed by atoms with Crippen LogP contribution in [0.4, 0.5) is 15.8 Å². The number of rotatable bonds is 4. The monoisotopic (exact) mass is 238 g/mol. The summed E-state index contributed by atoms with van der Waals surface area (Å²) in [6, 6.07) is 2.79. The van der Waals surface area contributed by atoms with E-state index in [1.54, 1.807) is 0 Å². The molecule has 4 N–H and O–H groups in total. The van der Waals surface area contributed by atoms with Gasteiger partial charge in [0.05, 0.1) is 11.4 Å². The van der Waals surface area contributed by atoms with Gasteiger partial charge in [0, 0.05) is 6.04 Å². The molecule has 1 saturated carbocycles. The molecule has 0 aliphatic heterocycles. The van der Waals surface area contributed by atoms with Crippen molar-refractivity contribution in [1.29, 1.82) is 0 Å². The first kappa shape index (κ1) is 11.7. The van der Waals surface area contributed by atoms with Crippen LogP contribution in [-0.2, 0) is 0 Å². The van der Waals surface area contributed by atoms with E-state index in [0.29, 0.717) is 11.6 Å². The lowest BCUT2D eigenvalue weighted by atomic mass is 10.1. The highest BCUT2D eigenvalue weighted by atomic mass is 19.1. The van der Waals surface area contributed by atoms with Crippen LogP contribution in [0.3, 0.4) is 0 Å². The summed E-state index contributed by atoms with van der Waals surface area (Å²) in [5, 5.41) is 12.1. The summed E-state index contributed by atoms with van der Waals surface area (Å²) in [5.41, 5.74) is 5.34. The largest absolute Gasteiger partial charge is 0.478 e. The molecule has 5 heteroatoms. The van der Waals surface area contributed by atoms with E-state index in [-0.39, 0.29) is 17.3 Å². The molecule has 1 aromatic rings. The lowest BCUT2D eigenvalue weighted by Gasteiger charge is -2.17. The molecular formula is C12H15FN2O2. The Morgan fingerprint density at radius 2 is 2.24 bits per heavy atom. The van der Waals surface area contributed by atoms with Crippen molar-refractivity contribution in [3.8, 4) is 0 Å². The molecule has 17 heavy (non-hydrogen) atoms. The van der Waals surface area contributed by atoms with Crippen LogP contribution in [0.25, 0.3) is 0 Å². The Labute approximate surface area is 98.6 Å². The number of nitrogens with one attached hydrogen (secondary N) is 1. The van der Waals surface area contributed by atoms with Crippen LogP contribution in [0, 0.1) is 11.7 Å². The van der Waals surface area contributed by atoms with Gasteiger partial charge in [-0.25, -0.2) is 9.18 Å². The first-order chi connectivity index (χ1) is 8.00. The van der Waals surface area contributed by atoms with Crippen molar-refractivity contribution in [2.75, 3.05) is 11.1 Å². The molecular weight excluding hydrogens is 223 g/mol.